The quantitative estimate of drug-likeness (QED) is 0.386. The summed E-state index contributed by atoms with van der Waals surface area (Å²) in [6.07, 6.45) is 7.68. The number of nitrogen functional groups attached to an aromatic ring is 1. The van der Waals surface area contributed by atoms with E-state index < -0.39 is 5.82 Å². The molecule has 0 radical (unpaired) electrons. The van der Waals surface area contributed by atoms with Crippen molar-refractivity contribution >= 4 is 33.3 Å². The number of hydrogen-bond donors (Lipinski definition) is 2. The van der Waals surface area contributed by atoms with Crippen LogP contribution in [0.1, 0.15) is 37.7 Å². The van der Waals surface area contributed by atoms with Crippen LogP contribution in [0.5, 0.6) is 0 Å². The van der Waals surface area contributed by atoms with Crippen molar-refractivity contribution in [3.8, 4) is 17.2 Å². The molecule has 0 amide bonds. The highest BCUT2D eigenvalue weighted by Crippen LogP contribution is 2.39. The molecule has 2 unspecified atom stereocenters. The van der Waals surface area contributed by atoms with Gasteiger partial charge in [0.15, 0.2) is 11.4 Å². The summed E-state index contributed by atoms with van der Waals surface area (Å²) < 4.78 is 21.9. The Morgan fingerprint density at radius 2 is 1.95 bits per heavy atom. The lowest BCUT2D eigenvalue weighted by Gasteiger charge is -2.35. The van der Waals surface area contributed by atoms with Gasteiger partial charge in [0, 0.05) is 54.7 Å². The molecule has 0 spiro atoms. The van der Waals surface area contributed by atoms with Gasteiger partial charge in [-0.1, -0.05) is 18.2 Å². The number of piperazine rings is 1. The van der Waals surface area contributed by atoms with Crippen molar-refractivity contribution in [3.05, 3.63) is 58.3 Å². The van der Waals surface area contributed by atoms with E-state index in [1.54, 1.807) is 6.07 Å². The van der Waals surface area contributed by atoms with E-state index in [0.29, 0.717) is 46.6 Å². The van der Waals surface area contributed by atoms with Crippen molar-refractivity contribution in [2.75, 3.05) is 37.3 Å². The van der Waals surface area contributed by atoms with Gasteiger partial charge in [0.05, 0.1) is 11.1 Å². The van der Waals surface area contributed by atoms with E-state index in [4.69, 9.17) is 10.2 Å². The maximum absolute atomic E-state index is 14.6. The second kappa shape index (κ2) is 9.65. The molecule has 40 heavy (non-hydrogen) atoms. The van der Waals surface area contributed by atoms with Crippen LogP contribution in [-0.4, -0.2) is 54.3 Å². The summed E-state index contributed by atoms with van der Waals surface area (Å²) in [5.74, 6) is -0.693. The van der Waals surface area contributed by atoms with Crippen molar-refractivity contribution in [1.29, 1.82) is 5.26 Å². The first-order valence-corrected chi connectivity index (χ1v) is 14.2. The fraction of sp³-hybridized carbons (Fsp3) is 0.419. The highest BCUT2D eigenvalue weighted by molar-refractivity contribution is 6.03. The molecule has 2 aromatic carbocycles. The monoisotopic (exact) mass is 540 g/mol. The summed E-state index contributed by atoms with van der Waals surface area (Å²) in [5, 5.41) is 15.3. The molecule has 2 aromatic heterocycles. The highest BCUT2D eigenvalue weighted by atomic mass is 19.1. The molecule has 4 aromatic rings. The van der Waals surface area contributed by atoms with Crippen LogP contribution in [0.25, 0.3) is 32.9 Å². The molecule has 3 aliphatic rings. The SMILES string of the molecule is CN1CCC[C@H]1CCn1cc(N2CC3CCC(C2)N3)c2ccc(-c3ccc(F)c4oc(N)c(C#N)c34)cc2c1=O. The van der Waals surface area contributed by atoms with Crippen LogP contribution in [-0.2, 0) is 6.54 Å². The summed E-state index contributed by atoms with van der Waals surface area (Å²) in [6, 6.07) is 12.2. The van der Waals surface area contributed by atoms with Crippen LogP contribution < -0.4 is 21.5 Å². The largest absolute Gasteiger partial charge is 0.436 e. The molecule has 3 fully saturated rings. The molecule has 3 saturated heterocycles. The fourth-order valence-electron chi connectivity index (χ4n) is 7.13. The summed E-state index contributed by atoms with van der Waals surface area (Å²) >= 11 is 0. The molecule has 206 valence electrons. The highest BCUT2D eigenvalue weighted by Gasteiger charge is 2.33. The number of anilines is 2. The molecule has 8 nitrogen and oxygen atoms in total. The zero-order chi connectivity index (χ0) is 27.5. The Bertz CT molecular complexity index is 1720. The number of rotatable bonds is 5. The Hall–Kier alpha value is -3.87. The van der Waals surface area contributed by atoms with Crippen molar-refractivity contribution in [1.82, 2.24) is 14.8 Å². The Labute approximate surface area is 231 Å². The third kappa shape index (κ3) is 4.05. The summed E-state index contributed by atoms with van der Waals surface area (Å²) in [7, 11) is 2.16. The molecule has 2 bridgehead atoms. The molecule has 0 aliphatic carbocycles. The number of aromatic nitrogens is 1. The van der Waals surface area contributed by atoms with Crippen LogP contribution >= 0.6 is 0 Å². The van der Waals surface area contributed by atoms with E-state index in [1.807, 2.05) is 22.8 Å². The Morgan fingerprint density at radius 1 is 1.15 bits per heavy atom. The minimum Gasteiger partial charge on any atom is -0.436 e. The van der Waals surface area contributed by atoms with Crippen molar-refractivity contribution in [2.45, 2.75) is 56.8 Å². The second-order valence-electron chi connectivity index (χ2n) is 11.6. The predicted molar refractivity (Wildman–Crippen MR) is 155 cm³/mol. The third-order valence-electron chi connectivity index (χ3n) is 9.24. The molecule has 5 heterocycles. The number of halogens is 1. The number of nitrogens with zero attached hydrogens (tertiary/aromatic N) is 4. The second-order valence-corrected chi connectivity index (χ2v) is 11.6. The van der Waals surface area contributed by atoms with Crippen LogP contribution in [0, 0.1) is 17.1 Å². The lowest BCUT2D eigenvalue weighted by atomic mass is 9.96. The van der Waals surface area contributed by atoms with Gasteiger partial charge >= 0.3 is 0 Å². The first-order chi connectivity index (χ1) is 19.4. The van der Waals surface area contributed by atoms with Gasteiger partial charge in [0.2, 0.25) is 5.88 Å². The van der Waals surface area contributed by atoms with Crippen LogP contribution in [0.2, 0.25) is 0 Å². The summed E-state index contributed by atoms with van der Waals surface area (Å²) in [4.78, 5) is 18.8. The number of likely N-dealkylation sites (tertiary alicyclic amines) is 1. The molecule has 0 saturated carbocycles. The minimum atomic E-state index is -0.581. The predicted octanol–water partition coefficient (Wildman–Crippen LogP) is 4.43. The zero-order valence-corrected chi connectivity index (χ0v) is 22.6. The van der Waals surface area contributed by atoms with Gasteiger partial charge in [-0.2, -0.15) is 5.26 Å². The molecular weight excluding hydrogens is 507 g/mol. The molecule has 7 rings (SSSR count). The van der Waals surface area contributed by atoms with E-state index in [9.17, 15) is 14.4 Å². The van der Waals surface area contributed by atoms with Crippen molar-refractivity contribution in [3.63, 3.8) is 0 Å². The maximum atomic E-state index is 14.6. The maximum Gasteiger partial charge on any atom is 0.258 e. The number of nitrogens with one attached hydrogen (secondary N) is 1. The number of pyridine rings is 1. The van der Waals surface area contributed by atoms with Crippen LogP contribution in [0.3, 0.4) is 0 Å². The molecule has 3 atom stereocenters. The number of furan rings is 1. The summed E-state index contributed by atoms with van der Waals surface area (Å²) in [5.41, 5.74) is 8.34. The third-order valence-corrected chi connectivity index (χ3v) is 9.24. The lowest BCUT2D eigenvalue weighted by Crippen LogP contribution is -2.51. The smallest absolute Gasteiger partial charge is 0.258 e. The zero-order valence-electron chi connectivity index (χ0n) is 22.6. The Morgan fingerprint density at radius 3 is 2.67 bits per heavy atom. The van der Waals surface area contributed by atoms with E-state index in [1.165, 1.54) is 25.3 Å². The number of nitrogens with two attached hydrogens (primary N) is 1. The molecule has 3 N–H and O–H groups in total. The normalized spacial score (nSPS) is 22.9. The van der Waals surface area contributed by atoms with Gasteiger partial charge in [-0.05, 0) is 69.0 Å². The van der Waals surface area contributed by atoms with Gasteiger partial charge in [-0.15, -0.1) is 0 Å². The number of fused-ring (bicyclic) bond motifs is 4. The van der Waals surface area contributed by atoms with Crippen LogP contribution in [0.15, 0.2) is 45.7 Å². The first kappa shape index (κ1) is 25.1. The van der Waals surface area contributed by atoms with Crippen molar-refractivity contribution < 1.29 is 8.81 Å². The first-order valence-electron chi connectivity index (χ1n) is 14.2. The van der Waals surface area contributed by atoms with E-state index in [-0.39, 0.29) is 22.6 Å². The minimum absolute atomic E-state index is 0.0371. The standard InChI is InChI=1S/C31H33FN6O2/c1-36-11-2-3-21(36)10-12-37-17-27(38-15-19-5-6-20(16-38)35-19)23-7-4-18(13-24(23)31(37)39)22-8-9-26(32)29-28(22)25(14-33)30(34)40-29/h4,7-9,13,17,19-21,35H,2-3,5-6,10-12,15-16,34H2,1H3/t19?,20?,21-/m0/s1. The average molecular weight is 541 g/mol. The molecule has 9 heteroatoms. The van der Waals surface area contributed by atoms with E-state index >= 15 is 0 Å². The molecular formula is C31H33FN6O2. The topological polar surface area (TPSA) is 103 Å². The number of aryl methyl sites for hydroxylation is 1. The van der Waals surface area contributed by atoms with E-state index in [0.717, 1.165) is 43.5 Å². The molecule has 3 aliphatic heterocycles. The van der Waals surface area contributed by atoms with Gasteiger partial charge in [-0.25, -0.2) is 4.39 Å². The fourth-order valence-corrected chi connectivity index (χ4v) is 7.13. The lowest BCUT2D eigenvalue weighted by molar-refractivity contribution is 0.285. The van der Waals surface area contributed by atoms with Crippen molar-refractivity contribution in [2.24, 2.45) is 0 Å². The number of benzene rings is 2. The Balaban J connectivity index is 1.38. The van der Waals surface area contributed by atoms with Gasteiger partial charge in [-0.3, -0.25) is 4.79 Å². The van der Waals surface area contributed by atoms with Gasteiger partial charge in [0.25, 0.3) is 5.56 Å². The van der Waals surface area contributed by atoms with Gasteiger partial charge in [0.1, 0.15) is 11.6 Å². The number of hydrogen-bond acceptors (Lipinski definition) is 7. The number of nitriles is 1. The van der Waals surface area contributed by atoms with Crippen LogP contribution in [0.4, 0.5) is 16.0 Å². The Kier molecular flexibility index (Phi) is 6.06. The van der Waals surface area contributed by atoms with E-state index in [2.05, 4.69) is 34.4 Å². The average Bonchev–Trinajstić information content (AvgIpc) is 3.63. The van der Waals surface area contributed by atoms with Gasteiger partial charge < -0.3 is 29.8 Å². The summed E-state index contributed by atoms with van der Waals surface area (Å²) in [6.45, 7) is 3.58.